The van der Waals surface area contributed by atoms with Crippen molar-refractivity contribution in [1.29, 1.82) is 0 Å². The number of nitrogens with one attached hydrogen (secondary N) is 1. The van der Waals surface area contributed by atoms with Gasteiger partial charge in [-0.2, -0.15) is 5.10 Å². The molecule has 2 fully saturated rings. The lowest BCUT2D eigenvalue weighted by atomic mass is 10.1. The number of carbonyl (C=O) groups excluding carboxylic acids is 1. The second-order valence-electron chi connectivity index (χ2n) is 8.87. The lowest BCUT2D eigenvalue weighted by Crippen LogP contribution is -2.37. The van der Waals surface area contributed by atoms with Crippen LogP contribution in [0.4, 0.5) is 34.1 Å². The summed E-state index contributed by atoms with van der Waals surface area (Å²) in [4.78, 5) is 18.6. The largest absolute Gasteiger partial charge is 0.389 e. The third kappa shape index (κ3) is 4.69. The number of amides is 1. The van der Waals surface area contributed by atoms with Crippen molar-refractivity contribution in [2.75, 3.05) is 29.0 Å². The molecule has 1 saturated heterocycles. The Balaban J connectivity index is 1.46. The van der Waals surface area contributed by atoms with Crippen molar-refractivity contribution < 1.29 is 22.4 Å². The molecule has 3 heterocycles. The van der Waals surface area contributed by atoms with Gasteiger partial charge in [-0.15, -0.1) is 0 Å². The van der Waals surface area contributed by atoms with Crippen LogP contribution in [0.15, 0.2) is 24.4 Å². The summed E-state index contributed by atoms with van der Waals surface area (Å²) in [5.74, 6) is -5.05. The van der Waals surface area contributed by atoms with Crippen LogP contribution in [-0.2, 0) is 0 Å². The molecule has 1 aliphatic carbocycles. The molecule has 1 amide bonds. The fourth-order valence-electron chi connectivity index (χ4n) is 4.24. The van der Waals surface area contributed by atoms with Crippen molar-refractivity contribution >= 4 is 33.8 Å². The first-order valence-corrected chi connectivity index (χ1v) is 11.9. The van der Waals surface area contributed by atoms with Gasteiger partial charge in [0.2, 0.25) is 0 Å². The van der Waals surface area contributed by atoms with E-state index >= 15 is 0 Å². The maximum atomic E-state index is 14.5. The van der Waals surface area contributed by atoms with Crippen LogP contribution in [0.3, 0.4) is 0 Å². The first-order chi connectivity index (χ1) is 16.6. The number of aromatic nitrogens is 3. The number of benzene rings is 1. The summed E-state index contributed by atoms with van der Waals surface area (Å²) in [5.41, 5.74) is 11.4. The highest BCUT2D eigenvalue weighted by molar-refractivity contribution is 7.19. The highest BCUT2D eigenvalue weighted by Gasteiger charge is 2.40. The quantitative estimate of drug-likeness (QED) is 0.448. The number of nitrogen functional groups attached to an aromatic ring is 1. The first-order valence-electron chi connectivity index (χ1n) is 11.1. The van der Waals surface area contributed by atoms with E-state index in [-0.39, 0.29) is 39.5 Å². The van der Waals surface area contributed by atoms with Gasteiger partial charge >= 0.3 is 0 Å². The summed E-state index contributed by atoms with van der Waals surface area (Å²) in [7, 11) is 0. The minimum atomic E-state index is -3.01. The van der Waals surface area contributed by atoms with Gasteiger partial charge in [0.05, 0.1) is 24.3 Å². The molecule has 2 aliphatic rings. The Morgan fingerprint density at radius 3 is 2.60 bits per heavy atom. The van der Waals surface area contributed by atoms with Gasteiger partial charge in [0.1, 0.15) is 27.3 Å². The molecule has 1 saturated carbocycles. The Hall–Kier alpha value is -3.19. The van der Waals surface area contributed by atoms with E-state index in [2.05, 4.69) is 15.4 Å². The van der Waals surface area contributed by atoms with Crippen molar-refractivity contribution in [3.8, 4) is 10.6 Å². The summed E-state index contributed by atoms with van der Waals surface area (Å²) < 4.78 is 59.1. The number of hydrogen-bond acceptors (Lipinski definition) is 7. The highest BCUT2D eigenvalue weighted by Crippen LogP contribution is 2.42. The summed E-state index contributed by atoms with van der Waals surface area (Å²) in [6.07, 6.45) is 3.03. The second-order valence-corrected chi connectivity index (χ2v) is 9.90. The molecule has 8 nitrogen and oxygen atoms in total. The van der Waals surface area contributed by atoms with Crippen LogP contribution in [0, 0.1) is 11.6 Å². The van der Waals surface area contributed by atoms with Crippen LogP contribution in [0.2, 0.25) is 0 Å². The van der Waals surface area contributed by atoms with Crippen molar-refractivity contribution in [1.82, 2.24) is 14.8 Å². The number of hydrogen-bond donors (Lipinski definition) is 3. The lowest BCUT2D eigenvalue weighted by Gasteiger charge is -2.27. The van der Waals surface area contributed by atoms with Crippen LogP contribution in [0.1, 0.15) is 42.2 Å². The number of carbonyl (C=O) groups is 1. The zero-order valence-corrected chi connectivity index (χ0v) is 19.3. The average molecular weight is 510 g/mol. The third-order valence-electron chi connectivity index (χ3n) is 6.01. The molecule has 0 radical (unpaired) electrons. The maximum absolute atomic E-state index is 14.5. The molecule has 2 aromatic heterocycles. The van der Waals surface area contributed by atoms with Gasteiger partial charge in [0.25, 0.3) is 11.8 Å². The minimum absolute atomic E-state index is 0.0384. The number of halogens is 4. The molecular formula is C22H23F4N7OS. The standard InChI is InChI=1S/C22H23F4N7OS/c23-13-2-1-3-14(24)16(13)20-31-17(18(28)35-20)19(34)30-15-9-29-33(12-4-5-12)21(15)32-7-6-11(27)8-22(25,26)10-32/h1-3,9,11-12H,4-8,10,27-28H2,(H,30,34). The van der Waals surface area contributed by atoms with Gasteiger partial charge in [-0.1, -0.05) is 17.4 Å². The van der Waals surface area contributed by atoms with Crippen molar-refractivity contribution in [3.63, 3.8) is 0 Å². The molecule has 5 rings (SSSR count). The van der Waals surface area contributed by atoms with Gasteiger partial charge in [0, 0.05) is 19.0 Å². The molecule has 0 spiro atoms. The average Bonchev–Trinajstić information content (AvgIpc) is 3.46. The molecule has 1 aliphatic heterocycles. The van der Waals surface area contributed by atoms with E-state index in [1.54, 1.807) is 4.68 Å². The third-order valence-corrected chi connectivity index (χ3v) is 6.91. The monoisotopic (exact) mass is 509 g/mol. The number of alkyl halides is 2. The minimum Gasteiger partial charge on any atom is -0.389 e. The van der Waals surface area contributed by atoms with E-state index in [1.165, 1.54) is 17.2 Å². The van der Waals surface area contributed by atoms with Gasteiger partial charge in [-0.25, -0.2) is 27.2 Å². The molecule has 5 N–H and O–H groups in total. The Morgan fingerprint density at radius 1 is 1.20 bits per heavy atom. The number of nitrogens with two attached hydrogens (primary N) is 2. The molecule has 1 atom stereocenters. The summed E-state index contributed by atoms with van der Waals surface area (Å²) >= 11 is 0.771. The number of anilines is 3. The topological polar surface area (TPSA) is 115 Å². The van der Waals surface area contributed by atoms with E-state index in [0.717, 1.165) is 36.3 Å². The van der Waals surface area contributed by atoms with Crippen molar-refractivity contribution in [2.24, 2.45) is 5.73 Å². The lowest BCUT2D eigenvalue weighted by molar-refractivity contribution is -0.000557. The predicted octanol–water partition coefficient (Wildman–Crippen LogP) is 4.02. The highest BCUT2D eigenvalue weighted by atomic mass is 32.1. The van der Waals surface area contributed by atoms with Crippen LogP contribution in [0.25, 0.3) is 10.6 Å². The smallest absolute Gasteiger partial charge is 0.277 e. The second kappa shape index (κ2) is 8.79. The SMILES string of the molecule is Nc1sc(-c2c(F)cccc2F)nc1C(=O)Nc1cnn(C2CC2)c1N1CCC(N)CC(F)(F)C1. The number of rotatable bonds is 5. The number of thiazole rings is 1. The van der Waals surface area contributed by atoms with E-state index in [1.807, 2.05) is 0 Å². The summed E-state index contributed by atoms with van der Waals surface area (Å²) in [6.45, 7) is -0.287. The van der Waals surface area contributed by atoms with Gasteiger partial charge in [-0.3, -0.25) is 4.79 Å². The zero-order chi connectivity index (χ0) is 24.9. The Morgan fingerprint density at radius 2 is 1.91 bits per heavy atom. The molecule has 186 valence electrons. The van der Waals surface area contributed by atoms with Crippen molar-refractivity contribution in [3.05, 3.63) is 41.7 Å². The molecule has 1 unspecified atom stereocenters. The zero-order valence-electron chi connectivity index (χ0n) is 18.5. The summed E-state index contributed by atoms with van der Waals surface area (Å²) in [5, 5.41) is 6.87. The molecule has 13 heteroatoms. The first kappa shape index (κ1) is 23.5. The van der Waals surface area contributed by atoms with Gasteiger partial charge < -0.3 is 21.7 Å². The van der Waals surface area contributed by atoms with E-state index < -0.39 is 42.5 Å². The van der Waals surface area contributed by atoms with Crippen molar-refractivity contribution in [2.45, 2.75) is 43.7 Å². The van der Waals surface area contributed by atoms with Crippen LogP contribution >= 0.6 is 11.3 Å². The van der Waals surface area contributed by atoms with Gasteiger partial charge in [-0.05, 0) is 31.4 Å². The van der Waals surface area contributed by atoms with E-state index in [4.69, 9.17) is 11.5 Å². The number of nitrogens with zero attached hydrogens (tertiary/aromatic N) is 4. The Labute approximate surface area is 201 Å². The van der Waals surface area contributed by atoms with Gasteiger partial charge in [0.15, 0.2) is 11.5 Å². The molecule has 35 heavy (non-hydrogen) atoms. The Kier molecular flexibility index (Phi) is 5.91. The van der Waals surface area contributed by atoms with Crippen LogP contribution in [0.5, 0.6) is 0 Å². The molecule has 0 bridgehead atoms. The molecular weight excluding hydrogens is 486 g/mol. The Bertz CT molecular complexity index is 1250. The summed E-state index contributed by atoms with van der Waals surface area (Å²) in [6, 6.07) is 2.80. The molecule has 3 aromatic rings. The fraction of sp³-hybridized carbons (Fsp3) is 0.409. The maximum Gasteiger partial charge on any atom is 0.277 e. The van der Waals surface area contributed by atoms with E-state index in [9.17, 15) is 22.4 Å². The van der Waals surface area contributed by atoms with Crippen LogP contribution in [-0.4, -0.2) is 45.7 Å². The fourth-order valence-corrected chi connectivity index (χ4v) is 5.12. The predicted molar refractivity (Wildman–Crippen MR) is 125 cm³/mol. The normalized spacial score (nSPS) is 20.0. The molecule has 1 aromatic carbocycles. The van der Waals surface area contributed by atoms with E-state index in [0.29, 0.717) is 12.2 Å². The van der Waals surface area contributed by atoms with Crippen LogP contribution < -0.4 is 21.7 Å².